The van der Waals surface area contributed by atoms with Crippen molar-refractivity contribution in [2.24, 2.45) is 0 Å². The zero-order chi connectivity index (χ0) is 15.1. The van der Waals surface area contributed by atoms with E-state index in [0.717, 1.165) is 25.3 Å². The maximum Gasteiger partial charge on any atom is 0.325 e. The molecule has 21 heavy (non-hydrogen) atoms. The van der Waals surface area contributed by atoms with Gasteiger partial charge in [-0.2, -0.15) is 0 Å². The lowest BCUT2D eigenvalue weighted by Crippen LogP contribution is -2.46. The van der Waals surface area contributed by atoms with E-state index in [0.29, 0.717) is 24.9 Å². The molecule has 1 heterocycles. The summed E-state index contributed by atoms with van der Waals surface area (Å²) in [4.78, 5) is 14.1. The highest BCUT2D eigenvalue weighted by Crippen LogP contribution is 2.18. The molecule has 2 rings (SSSR count). The Morgan fingerprint density at radius 2 is 2.05 bits per heavy atom. The minimum Gasteiger partial charge on any atom is -0.494 e. The number of ether oxygens (including phenoxy) is 2. The van der Waals surface area contributed by atoms with Crippen LogP contribution in [-0.4, -0.2) is 50.2 Å². The number of nitrogens with zero attached hydrogens (tertiary/aromatic N) is 1. The van der Waals surface area contributed by atoms with Gasteiger partial charge < -0.3 is 14.8 Å². The van der Waals surface area contributed by atoms with E-state index in [4.69, 9.17) is 9.47 Å². The molecule has 5 nitrogen and oxygen atoms in total. The second-order valence-corrected chi connectivity index (χ2v) is 5.24. The highest BCUT2D eigenvalue weighted by atomic mass is 16.5. The van der Waals surface area contributed by atoms with Crippen molar-refractivity contribution >= 4 is 5.97 Å². The van der Waals surface area contributed by atoms with E-state index in [2.05, 4.69) is 10.2 Å². The van der Waals surface area contributed by atoms with Crippen molar-refractivity contribution in [3.05, 3.63) is 24.3 Å². The quantitative estimate of drug-likeness (QED) is 0.638. The number of esters is 1. The summed E-state index contributed by atoms with van der Waals surface area (Å²) >= 11 is 0. The van der Waals surface area contributed by atoms with Crippen LogP contribution in [0.2, 0.25) is 0 Å². The lowest BCUT2D eigenvalue weighted by Gasteiger charge is -2.31. The third-order valence-corrected chi connectivity index (χ3v) is 3.63. The van der Waals surface area contributed by atoms with Gasteiger partial charge in [0.25, 0.3) is 0 Å². The molecule has 1 unspecified atom stereocenters. The Hall–Kier alpha value is -1.59. The first-order valence-electron chi connectivity index (χ1n) is 7.54. The van der Waals surface area contributed by atoms with Crippen LogP contribution in [0.15, 0.2) is 24.3 Å². The van der Waals surface area contributed by atoms with Crippen molar-refractivity contribution in [3.63, 3.8) is 0 Å². The van der Waals surface area contributed by atoms with Crippen molar-refractivity contribution in [2.75, 3.05) is 33.3 Å². The van der Waals surface area contributed by atoms with Gasteiger partial charge in [0.1, 0.15) is 11.5 Å². The van der Waals surface area contributed by atoms with E-state index in [1.54, 1.807) is 12.1 Å². The minimum absolute atomic E-state index is 0.212. The van der Waals surface area contributed by atoms with Crippen molar-refractivity contribution in [3.8, 4) is 11.5 Å². The second-order valence-electron chi connectivity index (χ2n) is 5.24. The van der Waals surface area contributed by atoms with Gasteiger partial charge in [0.05, 0.1) is 13.2 Å². The van der Waals surface area contributed by atoms with E-state index in [-0.39, 0.29) is 5.97 Å². The number of likely N-dealkylation sites (tertiary alicyclic amines) is 1. The average Bonchev–Trinajstić information content (AvgIpc) is 2.49. The highest BCUT2D eigenvalue weighted by molar-refractivity contribution is 5.74. The number of hydrogen-bond acceptors (Lipinski definition) is 5. The van der Waals surface area contributed by atoms with Gasteiger partial charge in [0.15, 0.2) is 0 Å². The van der Waals surface area contributed by atoms with Gasteiger partial charge in [-0.3, -0.25) is 9.69 Å². The van der Waals surface area contributed by atoms with Crippen molar-refractivity contribution in [1.82, 2.24) is 10.2 Å². The molecule has 1 aliphatic rings. The Bertz CT molecular complexity index is 447. The smallest absolute Gasteiger partial charge is 0.325 e. The van der Waals surface area contributed by atoms with Gasteiger partial charge in [-0.25, -0.2) is 0 Å². The maximum atomic E-state index is 12.0. The normalized spacial score (nSPS) is 19.2. The number of rotatable bonds is 6. The summed E-state index contributed by atoms with van der Waals surface area (Å²) in [6.45, 7) is 4.75. The Balaban J connectivity index is 1.81. The molecule has 1 aromatic carbocycles. The largest absolute Gasteiger partial charge is 0.494 e. The van der Waals surface area contributed by atoms with Crippen LogP contribution in [0.3, 0.4) is 0 Å². The van der Waals surface area contributed by atoms with E-state index >= 15 is 0 Å². The Morgan fingerprint density at radius 1 is 1.33 bits per heavy atom. The lowest BCUT2D eigenvalue weighted by molar-refractivity contribution is -0.136. The van der Waals surface area contributed by atoms with Crippen LogP contribution in [0.5, 0.6) is 11.5 Å². The number of hydrogen-bond donors (Lipinski definition) is 1. The molecule has 0 saturated carbocycles. The summed E-state index contributed by atoms with van der Waals surface area (Å²) in [5.41, 5.74) is 0. The van der Waals surface area contributed by atoms with Crippen LogP contribution >= 0.6 is 0 Å². The van der Waals surface area contributed by atoms with E-state index in [9.17, 15) is 4.79 Å². The van der Waals surface area contributed by atoms with Crippen LogP contribution in [0.25, 0.3) is 0 Å². The number of carbonyl (C=O) groups excluding carboxylic acids is 1. The molecule has 0 aliphatic carbocycles. The van der Waals surface area contributed by atoms with Crippen molar-refractivity contribution in [1.29, 1.82) is 0 Å². The molecule has 0 amide bonds. The Morgan fingerprint density at radius 3 is 2.71 bits per heavy atom. The van der Waals surface area contributed by atoms with Gasteiger partial charge in [0.2, 0.25) is 0 Å². The third-order valence-electron chi connectivity index (χ3n) is 3.63. The Labute approximate surface area is 126 Å². The molecule has 0 spiro atoms. The topological polar surface area (TPSA) is 50.8 Å². The summed E-state index contributed by atoms with van der Waals surface area (Å²) < 4.78 is 10.7. The molecule has 1 atom stereocenters. The summed E-state index contributed by atoms with van der Waals surface area (Å²) in [5.74, 6) is 1.13. The number of nitrogens with one attached hydrogen (secondary N) is 1. The Kier molecular flexibility index (Phi) is 6.02. The zero-order valence-corrected chi connectivity index (χ0v) is 12.8. The summed E-state index contributed by atoms with van der Waals surface area (Å²) in [6, 6.07) is 7.61. The van der Waals surface area contributed by atoms with Crippen LogP contribution in [0.4, 0.5) is 0 Å². The standard InChI is InChI=1S/C16H24N2O3/c1-3-20-14-6-8-15(9-7-14)21-16(19)12-18-10-4-5-13(11-18)17-2/h6-9,13,17H,3-5,10-12H2,1-2H3. The van der Waals surface area contributed by atoms with E-state index < -0.39 is 0 Å². The number of piperidine rings is 1. The molecular weight excluding hydrogens is 268 g/mol. The van der Waals surface area contributed by atoms with Crippen molar-refractivity contribution < 1.29 is 14.3 Å². The second kappa shape index (κ2) is 8.00. The molecule has 1 aromatic rings. The number of likely N-dealkylation sites (N-methyl/N-ethyl adjacent to an activating group) is 1. The number of carbonyl (C=O) groups is 1. The summed E-state index contributed by atoms with van der Waals surface area (Å²) in [6.07, 6.45) is 2.28. The highest BCUT2D eigenvalue weighted by Gasteiger charge is 2.21. The predicted octanol–water partition coefficient (Wildman–Crippen LogP) is 1.67. The molecular formula is C16H24N2O3. The average molecular weight is 292 g/mol. The maximum absolute atomic E-state index is 12.0. The van der Waals surface area contributed by atoms with Gasteiger partial charge in [0, 0.05) is 12.6 Å². The van der Waals surface area contributed by atoms with Gasteiger partial charge in [-0.05, 0) is 57.6 Å². The molecule has 0 radical (unpaired) electrons. The molecule has 0 bridgehead atoms. The van der Waals surface area contributed by atoms with Gasteiger partial charge in [-0.1, -0.05) is 0 Å². The summed E-state index contributed by atoms with van der Waals surface area (Å²) in [7, 11) is 1.96. The van der Waals surface area contributed by atoms with E-state index in [1.807, 2.05) is 26.1 Å². The molecule has 0 aromatic heterocycles. The van der Waals surface area contributed by atoms with Crippen LogP contribution in [0, 0.1) is 0 Å². The predicted molar refractivity (Wildman–Crippen MR) is 81.8 cm³/mol. The summed E-state index contributed by atoms with van der Waals surface area (Å²) in [5, 5.41) is 3.27. The van der Waals surface area contributed by atoms with Gasteiger partial charge >= 0.3 is 5.97 Å². The van der Waals surface area contributed by atoms with E-state index in [1.165, 1.54) is 6.42 Å². The van der Waals surface area contributed by atoms with Crippen LogP contribution < -0.4 is 14.8 Å². The molecule has 1 saturated heterocycles. The first kappa shape index (κ1) is 15.8. The molecule has 1 fully saturated rings. The fraction of sp³-hybridized carbons (Fsp3) is 0.562. The first-order chi connectivity index (χ1) is 10.2. The fourth-order valence-electron chi connectivity index (χ4n) is 2.55. The van der Waals surface area contributed by atoms with Gasteiger partial charge in [-0.15, -0.1) is 0 Å². The first-order valence-corrected chi connectivity index (χ1v) is 7.54. The van der Waals surface area contributed by atoms with Crippen molar-refractivity contribution in [2.45, 2.75) is 25.8 Å². The lowest BCUT2D eigenvalue weighted by atomic mass is 10.1. The monoisotopic (exact) mass is 292 g/mol. The fourth-order valence-corrected chi connectivity index (χ4v) is 2.55. The minimum atomic E-state index is -0.212. The number of benzene rings is 1. The molecule has 5 heteroatoms. The SMILES string of the molecule is CCOc1ccc(OC(=O)CN2CCCC(NC)C2)cc1. The van der Waals surface area contributed by atoms with Crippen LogP contribution in [0.1, 0.15) is 19.8 Å². The zero-order valence-electron chi connectivity index (χ0n) is 12.8. The molecule has 1 N–H and O–H groups in total. The van der Waals surface area contributed by atoms with Crippen LogP contribution in [-0.2, 0) is 4.79 Å². The molecule has 116 valence electrons. The molecule has 1 aliphatic heterocycles. The third kappa shape index (κ3) is 5.02.